The summed E-state index contributed by atoms with van der Waals surface area (Å²) < 4.78 is 28.0. The molecule has 1 aliphatic rings. The van der Waals surface area contributed by atoms with E-state index in [1.165, 1.54) is 17.1 Å². The maximum atomic E-state index is 12.1. The molecule has 1 fully saturated rings. The maximum absolute atomic E-state index is 12.1. The van der Waals surface area contributed by atoms with E-state index in [4.69, 9.17) is 0 Å². The molecule has 0 radical (unpaired) electrons. The number of rotatable bonds is 5. The van der Waals surface area contributed by atoms with E-state index >= 15 is 0 Å². The molecule has 8 heteroatoms. The summed E-state index contributed by atoms with van der Waals surface area (Å²) in [6.45, 7) is 0. The molecule has 0 spiro atoms. The predicted molar refractivity (Wildman–Crippen MR) is 67.9 cm³/mol. The van der Waals surface area contributed by atoms with Crippen LogP contribution in [0.2, 0.25) is 0 Å². The van der Waals surface area contributed by atoms with E-state index in [0.29, 0.717) is 18.4 Å². The van der Waals surface area contributed by atoms with Crippen LogP contribution in [-0.2, 0) is 21.9 Å². The molecule has 1 heterocycles. The standard InChI is InChI=1S/C11H17N3O4S/c1-14-7-8(6-12-14)10(11(15)16)13-19(17,18)9-4-2-3-5-9/h6-7,9-10,13H,2-5H2,1H3,(H,15,16). The van der Waals surface area contributed by atoms with E-state index in [1.54, 1.807) is 7.05 Å². The van der Waals surface area contributed by atoms with Crippen LogP contribution in [0, 0.1) is 0 Å². The largest absolute Gasteiger partial charge is 0.480 e. The topological polar surface area (TPSA) is 101 Å². The molecule has 1 aromatic rings. The number of aliphatic carboxylic acids is 1. The first-order valence-electron chi connectivity index (χ1n) is 6.12. The molecular weight excluding hydrogens is 270 g/mol. The minimum Gasteiger partial charge on any atom is -0.480 e. The minimum absolute atomic E-state index is 0.330. The molecule has 2 N–H and O–H groups in total. The van der Waals surface area contributed by atoms with Gasteiger partial charge < -0.3 is 5.11 Å². The number of carbonyl (C=O) groups is 1. The van der Waals surface area contributed by atoms with Crippen LogP contribution in [0.4, 0.5) is 0 Å². The summed E-state index contributed by atoms with van der Waals surface area (Å²) >= 11 is 0. The Morgan fingerprint density at radius 2 is 2.16 bits per heavy atom. The van der Waals surface area contributed by atoms with Crippen LogP contribution in [0.5, 0.6) is 0 Å². The van der Waals surface area contributed by atoms with Gasteiger partial charge in [-0.05, 0) is 12.8 Å². The number of hydrogen-bond acceptors (Lipinski definition) is 4. The molecule has 0 saturated heterocycles. The molecule has 0 aromatic carbocycles. The molecule has 2 rings (SSSR count). The SMILES string of the molecule is Cn1cc(C(NS(=O)(=O)C2CCCC2)C(=O)O)cn1. The Morgan fingerprint density at radius 3 is 2.63 bits per heavy atom. The van der Waals surface area contributed by atoms with E-state index in [1.807, 2.05) is 0 Å². The Labute approximate surface area is 111 Å². The molecule has 0 aliphatic heterocycles. The fraction of sp³-hybridized carbons (Fsp3) is 0.636. The van der Waals surface area contributed by atoms with Gasteiger partial charge in [0.25, 0.3) is 0 Å². The van der Waals surface area contributed by atoms with Crippen molar-refractivity contribution in [2.45, 2.75) is 37.0 Å². The van der Waals surface area contributed by atoms with E-state index in [0.717, 1.165) is 12.8 Å². The number of hydrogen-bond donors (Lipinski definition) is 2. The van der Waals surface area contributed by atoms with Gasteiger partial charge in [0.05, 0.1) is 11.4 Å². The zero-order valence-corrected chi connectivity index (χ0v) is 11.4. The lowest BCUT2D eigenvalue weighted by atomic mass is 10.2. The predicted octanol–water partition coefficient (Wildman–Crippen LogP) is 0.408. The van der Waals surface area contributed by atoms with Crippen molar-refractivity contribution >= 4 is 16.0 Å². The third-order valence-corrected chi connectivity index (χ3v) is 5.24. The Morgan fingerprint density at radius 1 is 1.53 bits per heavy atom. The molecule has 1 unspecified atom stereocenters. The summed E-state index contributed by atoms with van der Waals surface area (Å²) in [4.78, 5) is 11.2. The van der Waals surface area contributed by atoms with Gasteiger partial charge in [-0.15, -0.1) is 0 Å². The van der Waals surface area contributed by atoms with E-state index < -0.39 is 27.3 Å². The highest BCUT2D eigenvalue weighted by atomic mass is 32.2. The van der Waals surface area contributed by atoms with Gasteiger partial charge in [0.1, 0.15) is 6.04 Å². The lowest BCUT2D eigenvalue weighted by Crippen LogP contribution is -2.38. The average Bonchev–Trinajstić information content (AvgIpc) is 2.96. The fourth-order valence-electron chi connectivity index (χ4n) is 2.31. The first-order chi connectivity index (χ1) is 8.90. The molecule has 0 bridgehead atoms. The van der Waals surface area contributed by atoms with Crippen molar-refractivity contribution in [3.8, 4) is 0 Å². The van der Waals surface area contributed by atoms with E-state index in [2.05, 4.69) is 9.82 Å². The second kappa shape index (κ2) is 5.30. The molecule has 1 aliphatic carbocycles. The summed E-state index contributed by atoms with van der Waals surface area (Å²) in [5.74, 6) is -1.23. The van der Waals surface area contributed by atoms with Crippen molar-refractivity contribution in [2.75, 3.05) is 0 Å². The summed E-state index contributed by atoms with van der Waals surface area (Å²) in [5.41, 5.74) is 0.330. The first-order valence-corrected chi connectivity index (χ1v) is 7.67. The van der Waals surface area contributed by atoms with Gasteiger partial charge >= 0.3 is 5.97 Å². The maximum Gasteiger partial charge on any atom is 0.326 e. The number of carboxylic acid groups (broad SMARTS) is 1. The lowest BCUT2D eigenvalue weighted by molar-refractivity contribution is -0.139. The van der Waals surface area contributed by atoms with Crippen LogP contribution >= 0.6 is 0 Å². The van der Waals surface area contributed by atoms with Gasteiger partial charge in [-0.1, -0.05) is 12.8 Å². The second-order valence-electron chi connectivity index (χ2n) is 4.79. The van der Waals surface area contributed by atoms with Crippen molar-refractivity contribution in [2.24, 2.45) is 7.05 Å². The first kappa shape index (κ1) is 14.0. The number of aromatic nitrogens is 2. The third kappa shape index (κ3) is 3.13. The Kier molecular flexibility index (Phi) is 3.91. The minimum atomic E-state index is -3.61. The van der Waals surface area contributed by atoms with Crippen molar-refractivity contribution in [3.63, 3.8) is 0 Å². The second-order valence-corrected chi connectivity index (χ2v) is 6.78. The van der Waals surface area contributed by atoms with Crippen LogP contribution in [0.15, 0.2) is 12.4 Å². The molecule has 1 atom stereocenters. The molecule has 106 valence electrons. The zero-order valence-electron chi connectivity index (χ0n) is 10.6. The van der Waals surface area contributed by atoms with Gasteiger partial charge in [-0.2, -0.15) is 9.82 Å². The average molecular weight is 287 g/mol. The van der Waals surface area contributed by atoms with Crippen molar-refractivity contribution < 1.29 is 18.3 Å². The van der Waals surface area contributed by atoms with Gasteiger partial charge in [0, 0.05) is 18.8 Å². The van der Waals surface area contributed by atoms with E-state index in [9.17, 15) is 18.3 Å². The lowest BCUT2D eigenvalue weighted by Gasteiger charge is -2.17. The van der Waals surface area contributed by atoms with Crippen LogP contribution in [0.25, 0.3) is 0 Å². The van der Waals surface area contributed by atoms with Crippen LogP contribution in [0.3, 0.4) is 0 Å². The molecule has 0 amide bonds. The quantitative estimate of drug-likeness (QED) is 0.816. The summed E-state index contributed by atoms with van der Waals surface area (Å²) in [5, 5.41) is 12.6. The number of nitrogens with zero attached hydrogens (tertiary/aromatic N) is 2. The molecule has 19 heavy (non-hydrogen) atoms. The fourth-order valence-corrected chi connectivity index (χ4v) is 4.02. The number of sulfonamides is 1. The highest BCUT2D eigenvalue weighted by Gasteiger charge is 2.34. The summed E-state index contributed by atoms with van der Waals surface area (Å²) in [6.07, 6.45) is 5.78. The Bertz CT molecular complexity index is 560. The number of aryl methyl sites for hydroxylation is 1. The van der Waals surface area contributed by atoms with Gasteiger partial charge in [0.2, 0.25) is 10.0 Å². The summed E-state index contributed by atoms with van der Waals surface area (Å²) in [7, 11) is -1.96. The van der Waals surface area contributed by atoms with Gasteiger partial charge in [-0.25, -0.2) is 8.42 Å². The van der Waals surface area contributed by atoms with Gasteiger partial charge in [0.15, 0.2) is 0 Å². The van der Waals surface area contributed by atoms with Crippen LogP contribution in [-0.4, -0.2) is 34.5 Å². The number of carboxylic acids is 1. The number of nitrogens with one attached hydrogen (secondary N) is 1. The molecule has 7 nitrogen and oxygen atoms in total. The van der Waals surface area contributed by atoms with Crippen LogP contribution in [0.1, 0.15) is 37.3 Å². The van der Waals surface area contributed by atoms with Crippen LogP contribution < -0.4 is 4.72 Å². The monoisotopic (exact) mass is 287 g/mol. The molecule has 1 saturated carbocycles. The smallest absolute Gasteiger partial charge is 0.326 e. The Balaban J connectivity index is 2.19. The van der Waals surface area contributed by atoms with Crippen molar-refractivity contribution in [3.05, 3.63) is 18.0 Å². The normalized spacial score (nSPS) is 18.6. The van der Waals surface area contributed by atoms with E-state index in [-0.39, 0.29) is 0 Å². The summed E-state index contributed by atoms with van der Waals surface area (Å²) in [6, 6.07) is -1.28. The van der Waals surface area contributed by atoms with Crippen molar-refractivity contribution in [1.29, 1.82) is 0 Å². The van der Waals surface area contributed by atoms with Gasteiger partial charge in [-0.3, -0.25) is 9.48 Å². The highest BCUT2D eigenvalue weighted by Crippen LogP contribution is 2.25. The third-order valence-electron chi connectivity index (χ3n) is 3.33. The Hall–Kier alpha value is -1.41. The molecular formula is C11H17N3O4S. The van der Waals surface area contributed by atoms with Crippen molar-refractivity contribution in [1.82, 2.24) is 14.5 Å². The molecule has 1 aromatic heterocycles. The zero-order chi connectivity index (χ0) is 14.0. The highest BCUT2D eigenvalue weighted by molar-refractivity contribution is 7.90.